The van der Waals surface area contributed by atoms with Crippen molar-refractivity contribution in [2.45, 2.75) is 26.4 Å². The monoisotopic (exact) mass is 439 g/mol. The first kappa shape index (κ1) is 20.8. The first-order valence-corrected chi connectivity index (χ1v) is 11.0. The van der Waals surface area contributed by atoms with Gasteiger partial charge in [-0.25, -0.2) is 9.97 Å². The molecule has 5 aromatic rings. The predicted octanol–water partition coefficient (Wildman–Crippen LogP) is 4.46. The number of aromatic nitrogens is 4. The fourth-order valence-electron chi connectivity index (χ4n) is 3.77. The molecule has 7 nitrogen and oxygen atoms in total. The SMILES string of the molecule is Cc1ccc2nc(COc3ccc(C(=O)NCCCc4nc5ccccc5[nH]4)cc3)cn2c1. The van der Waals surface area contributed by atoms with Crippen LogP contribution in [0.3, 0.4) is 0 Å². The molecule has 0 spiro atoms. The van der Waals surface area contributed by atoms with Crippen LogP contribution in [0.4, 0.5) is 0 Å². The summed E-state index contributed by atoms with van der Waals surface area (Å²) in [5.41, 5.74) is 5.54. The summed E-state index contributed by atoms with van der Waals surface area (Å²) >= 11 is 0. The Morgan fingerprint density at radius 3 is 2.73 bits per heavy atom. The van der Waals surface area contributed by atoms with Gasteiger partial charge in [-0.2, -0.15) is 0 Å². The van der Waals surface area contributed by atoms with Crippen LogP contribution in [-0.4, -0.2) is 31.8 Å². The first-order valence-electron chi connectivity index (χ1n) is 11.0. The van der Waals surface area contributed by atoms with E-state index in [-0.39, 0.29) is 5.91 Å². The average molecular weight is 440 g/mol. The van der Waals surface area contributed by atoms with Crippen LogP contribution in [0.1, 0.15) is 33.9 Å². The van der Waals surface area contributed by atoms with Crippen LogP contribution in [0, 0.1) is 6.92 Å². The molecule has 0 aliphatic carbocycles. The van der Waals surface area contributed by atoms with E-state index in [1.165, 1.54) is 5.56 Å². The van der Waals surface area contributed by atoms with Crippen molar-refractivity contribution in [2.24, 2.45) is 0 Å². The van der Waals surface area contributed by atoms with E-state index in [1.807, 2.05) is 72.2 Å². The van der Waals surface area contributed by atoms with E-state index in [4.69, 9.17) is 4.74 Å². The Bertz CT molecular complexity index is 1370. The van der Waals surface area contributed by atoms with Crippen LogP contribution in [-0.2, 0) is 13.0 Å². The lowest BCUT2D eigenvalue weighted by atomic mass is 10.2. The van der Waals surface area contributed by atoms with Crippen molar-refractivity contribution in [3.63, 3.8) is 0 Å². The van der Waals surface area contributed by atoms with Gasteiger partial charge in [0, 0.05) is 30.9 Å². The lowest BCUT2D eigenvalue weighted by Crippen LogP contribution is -2.24. The normalized spacial score (nSPS) is 11.2. The maximum absolute atomic E-state index is 12.4. The van der Waals surface area contributed by atoms with Gasteiger partial charge in [0.15, 0.2) is 0 Å². The van der Waals surface area contributed by atoms with E-state index in [1.54, 1.807) is 12.1 Å². The predicted molar refractivity (Wildman–Crippen MR) is 127 cm³/mol. The Morgan fingerprint density at radius 2 is 1.88 bits per heavy atom. The lowest BCUT2D eigenvalue weighted by molar-refractivity contribution is 0.0953. The molecule has 3 heterocycles. The van der Waals surface area contributed by atoms with Crippen LogP contribution < -0.4 is 10.1 Å². The van der Waals surface area contributed by atoms with Gasteiger partial charge in [0.2, 0.25) is 0 Å². The Morgan fingerprint density at radius 1 is 1.03 bits per heavy atom. The second-order valence-electron chi connectivity index (χ2n) is 8.08. The molecule has 0 saturated heterocycles. The maximum atomic E-state index is 12.4. The zero-order valence-electron chi connectivity index (χ0n) is 18.4. The molecular weight excluding hydrogens is 414 g/mol. The van der Waals surface area contributed by atoms with Crippen molar-refractivity contribution in [1.29, 1.82) is 0 Å². The minimum atomic E-state index is -0.0955. The lowest BCUT2D eigenvalue weighted by Gasteiger charge is -2.07. The third-order valence-corrected chi connectivity index (χ3v) is 5.47. The number of aryl methyl sites for hydroxylation is 2. The van der Waals surface area contributed by atoms with Gasteiger partial charge < -0.3 is 19.4 Å². The van der Waals surface area contributed by atoms with Crippen molar-refractivity contribution in [3.8, 4) is 5.75 Å². The number of hydrogen-bond donors (Lipinski definition) is 2. The van der Waals surface area contributed by atoms with Gasteiger partial charge in [-0.15, -0.1) is 0 Å². The van der Waals surface area contributed by atoms with Crippen molar-refractivity contribution < 1.29 is 9.53 Å². The summed E-state index contributed by atoms with van der Waals surface area (Å²) in [5, 5.41) is 2.97. The zero-order valence-corrected chi connectivity index (χ0v) is 18.4. The molecule has 0 aliphatic rings. The van der Waals surface area contributed by atoms with Gasteiger partial charge in [-0.1, -0.05) is 18.2 Å². The third kappa shape index (κ3) is 4.87. The minimum absolute atomic E-state index is 0.0955. The fraction of sp³-hybridized carbons (Fsp3) is 0.192. The highest BCUT2D eigenvalue weighted by Gasteiger charge is 2.07. The molecule has 0 bridgehead atoms. The molecule has 0 aliphatic heterocycles. The summed E-state index contributed by atoms with van der Waals surface area (Å²) in [6.07, 6.45) is 5.60. The Hall–Kier alpha value is -4.13. The molecule has 2 aromatic carbocycles. The van der Waals surface area contributed by atoms with Gasteiger partial charge in [0.1, 0.15) is 23.8 Å². The fourth-order valence-corrected chi connectivity index (χ4v) is 3.77. The number of aromatic amines is 1. The molecule has 7 heteroatoms. The Labute approximate surface area is 191 Å². The van der Waals surface area contributed by atoms with Crippen LogP contribution in [0.5, 0.6) is 5.75 Å². The smallest absolute Gasteiger partial charge is 0.251 e. The number of para-hydroxylation sites is 2. The molecule has 1 amide bonds. The maximum Gasteiger partial charge on any atom is 0.251 e. The number of imidazole rings is 2. The number of nitrogens with one attached hydrogen (secondary N) is 2. The number of H-pyrrole nitrogens is 1. The van der Waals surface area contributed by atoms with Gasteiger partial charge in [0.25, 0.3) is 5.91 Å². The molecule has 0 fully saturated rings. The molecule has 0 saturated carbocycles. The van der Waals surface area contributed by atoms with Gasteiger partial charge in [-0.05, 0) is 61.4 Å². The summed E-state index contributed by atoms with van der Waals surface area (Å²) in [7, 11) is 0. The van der Waals surface area contributed by atoms with Crippen molar-refractivity contribution >= 4 is 22.6 Å². The van der Waals surface area contributed by atoms with Crippen molar-refractivity contribution in [2.75, 3.05) is 6.54 Å². The second-order valence-corrected chi connectivity index (χ2v) is 8.08. The van der Waals surface area contributed by atoms with Gasteiger partial charge in [-0.3, -0.25) is 4.79 Å². The summed E-state index contributed by atoms with van der Waals surface area (Å²) in [5.74, 6) is 1.54. The molecule has 0 radical (unpaired) electrons. The Balaban J connectivity index is 1.09. The number of ether oxygens (including phenoxy) is 1. The molecule has 33 heavy (non-hydrogen) atoms. The average Bonchev–Trinajstić information content (AvgIpc) is 3.43. The zero-order chi connectivity index (χ0) is 22.6. The number of benzene rings is 2. The number of hydrogen-bond acceptors (Lipinski definition) is 4. The number of fused-ring (bicyclic) bond motifs is 2. The van der Waals surface area contributed by atoms with Crippen LogP contribution >= 0.6 is 0 Å². The minimum Gasteiger partial charge on any atom is -0.487 e. The molecule has 0 unspecified atom stereocenters. The summed E-state index contributed by atoms with van der Waals surface area (Å²) < 4.78 is 7.84. The Kier molecular flexibility index (Phi) is 5.76. The molecule has 3 aromatic heterocycles. The molecule has 2 N–H and O–H groups in total. The van der Waals surface area contributed by atoms with E-state index < -0.39 is 0 Å². The highest BCUT2D eigenvalue weighted by molar-refractivity contribution is 5.94. The number of carbonyl (C=O) groups excluding carboxylic acids is 1. The topological polar surface area (TPSA) is 84.3 Å². The molecule has 0 atom stereocenters. The van der Waals surface area contributed by atoms with Gasteiger partial charge >= 0.3 is 0 Å². The largest absolute Gasteiger partial charge is 0.487 e. The van der Waals surface area contributed by atoms with Crippen LogP contribution in [0.25, 0.3) is 16.7 Å². The molecule has 5 rings (SSSR count). The standard InChI is InChI=1S/C26H25N5O2/c1-18-8-13-25-28-20(16-31(25)15-18)17-33-21-11-9-19(10-12-21)26(32)27-14-4-7-24-29-22-5-2-3-6-23(22)30-24/h2-3,5-6,8-13,15-16H,4,7,14,17H2,1H3,(H,27,32)(H,29,30). The third-order valence-electron chi connectivity index (χ3n) is 5.47. The van der Waals surface area contributed by atoms with Crippen molar-refractivity contribution in [1.82, 2.24) is 24.7 Å². The van der Waals surface area contributed by atoms with E-state index >= 15 is 0 Å². The number of nitrogens with zero attached hydrogens (tertiary/aromatic N) is 3. The van der Waals surface area contributed by atoms with Crippen LogP contribution in [0.2, 0.25) is 0 Å². The molecule has 166 valence electrons. The van der Waals surface area contributed by atoms with Crippen molar-refractivity contribution in [3.05, 3.63) is 95.7 Å². The number of amides is 1. The summed E-state index contributed by atoms with van der Waals surface area (Å²) in [6.45, 7) is 3.00. The van der Waals surface area contributed by atoms with Crippen LogP contribution in [0.15, 0.2) is 73.1 Å². The number of carbonyl (C=O) groups is 1. The quantitative estimate of drug-likeness (QED) is 0.350. The summed E-state index contributed by atoms with van der Waals surface area (Å²) in [6, 6.07) is 19.2. The van der Waals surface area contributed by atoms with E-state index in [0.717, 1.165) is 41.0 Å². The number of pyridine rings is 1. The summed E-state index contributed by atoms with van der Waals surface area (Å²) in [4.78, 5) is 24.9. The second kappa shape index (κ2) is 9.16. The highest BCUT2D eigenvalue weighted by Crippen LogP contribution is 2.15. The first-order chi connectivity index (χ1) is 16.1. The van der Waals surface area contributed by atoms with E-state index in [0.29, 0.717) is 24.5 Å². The van der Waals surface area contributed by atoms with E-state index in [2.05, 4.69) is 20.3 Å². The van der Waals surface area contributed by atoms with E-state index in [9.17, 15) is 4.79 Å². The molecular formula is C26H25N5O2. The van der Waals surface area contributed by atoms with Gasteiger partial charge in [0.05, 0.1) is 16.7 Å². The number of rotatable bonds is 8. The highest BCUT2D eigenvalue weighted by atomic mass is 16.5.